The van der Waals surface area contributed by atoms with Gasteiger partial charge >= 0.3 is 0 Å². The van der Waals surface area contributed by atoms with Gasteiger partial charge < -0.3 is 15.4 Å². The van der Waals surface area contributed by atoms with Crippen LogP contribution in [-0.4, -0.2) is 43.8 Å². The van der Waals surface area contributed by atoms with Crippen molar-refractivity contribution in [3.8, 4) is 5.75 Å². The first-order chi connectivity index (χ1) is 11.1. The van der Waals surface area contributed by atoms with E-state index in [9.17, 15) is 14.9 Å². The second-order valence-corrected chi connectivity index (χ2v) is 5.83. The zero-order valence-electron chi connectivity index (χ0n) is 13.0. The molecule has 1 aliphatic rings. The van der Waals surface area contributed by atoms with Gasteiger partial charge in [0.2, 0.25) is 0 Å². The number of thioether (sulfide) groups is 1. The molecule has 0 saturated carbocycles. The van der Waals surface area contributed by atoms with Crippen LogP contribution in [0.1, 0.15) is 16.8 Å². The number of methoxy groups -OCH3 is 1. The smallest absolute Gasteiger partial charge is 0.285 e. The van der Waals surface area contributed by atoms with Crippen molar-refractivity contribution in [2.45, 2.75) is 11.3 Å². The summed E-state index contributed by atoms with van der Waals surface area (Å²) in [4.78, 5) is 23.7. The van der Waals surface area contributed by atoms with E-state index < -0.39 is 10.8 Å². The zero-order valence-corrected chi connectivity index (χ0v) is 13.9. The Hall–Kier alpha value is -2.06. The zero-order chi connectivity index (χ0) is 16.8. The molecule has 0 atom stereocenters. The third-order valence-corrected chi connectivity index (χ3v) is 4.34. The predicted molar refractivity (Wildman–Crippen MR) is 89.3 cm³/mol. The molecule has 1 amide bonds. The van der Waals surface area contributed by atoms with Crippen LogP contribution in [0.15, 0.2) is 28.7 Å². The summed E-state index contributed by atoms with van der Waals surface area (Å²) >= 11 is 1.37. The molecular weight excluding hydrogens is 318 g/mol. The van der Waals surface area contributed by atoms with Crippen molar-refractivity contribution in [1.29, 1.82) is 0 Å². The molecule has 23 heavy (non-hydrogen) atoms. The van der Waals surface area contributed by atoms with Gasteiger partial charge in [-0.2, -0.15) is 0 Å². The number of nitro groups is 1. The van der Waals surface area contributed by atoms with Gasteiger partial charge in [0.25, 0.3) is 11.6 Å². The van der Waals surface area contributed by atoms with Crippen molar-refractivity contribution in [3.63, 3.8) is 0 Å². The van der Waals surface area contributed by atoms with Crippen LogP contribution in [0.5, 0.6) is 5.75 Å². The third-order valence-electron chi connectivity index (χ3n) is 3.58. The molecular formula is C15H19N3O4S. The third kappa shape index (κ3) is 4.23. The second-order valence-electron chi connectivity index (χ2n) is 4.98. The van der Waals surface area contributed by atoms with E-state index in [4.69, 9.17) is 4.74 Å². The van der Waals surface area contributed by atoms with Crippen molar-refractivity contribution in [2.24, 2.45) is 0 Å². The number of hydrogen-bond donors (Lipinski definition) is 2. The van der Waals surface area contributed by atoms with Gasteiger partial charge in [0.1, 0.15) is 11.3 Å². The Balaban J connectivity index is 2.23. The summed E-state index contributed by atoms with van der Waals surface area (Å²) in [6.07, 6.45) is 4.71. The first kappa shape index (κ1) is 17.3. The molecule has 1 aromatic carbocycles. The van der Waals surface area contributed by atoms with Crippen LogP contribution in [0.2, 0.25) is 0 Å². The number of nitrogens with zero attached hydrogens (tertiary/aromatic N) is 1. The molecule has 0 saturated heterocycles. The molecule has 0 radical (unpaired) electrons. The average Bonchev–Trinajstić information content (AvgIpc) is 2.59. The minimum absolute atomic E-state index is 0.0506. The van der Waals surface area contributed by atoms with Gasteiger partial charge in [-0.15, -0.1) is 11.8 Å². The average molecular weight is 337 g/mol. The lowest BCUT2D eigenvalue weighted by molar-refractivity contribution is -0.385. The van der Waals surface area contributed by atoms with Crippen LogP contribution in [-0.2, 0) is 0 Å². The number of nitro benzene ring substituents is 1. The molecule has 0 unspecified atom stereocenters. The Kier molecular flexibility index (Phi) is 6.00. The summed E-state index contributed by atoms with van der Waals surface area (Å²) in [6, 6.07) is 2.80. The molecule has 1 aromatic rings. The van der Waals surface area contributed by atoms with Crippen LogP contribution in [0.3, 0.4) is 0 Å². The van der Waals surface area contributed by atoms with Crippen LogP contribution in [0, 0.1) is 10.1 Å². The van der Waals surface area contributed by atoms with Gasteiger partial charge in [-0.1, -0.05) is 11.6 Å². The van der Waals surface area contributed by atoms with E-state index in [1.807, 2.05) is 12.3 Å². The van der Waals surface area contributed by atoms with Crippen LogP contribution in [0.4, 0.5) is 5.69 Å². The Labute approximate surface area is 138 Å². The minimum Gasteiger partial charge on any atom is -0.495 e. The Morgan fingerprint density at radius 2 is 2.30 bits per heavy atom. The van der Waals surface area contributed by atoms with Gasteiger partial charge in [0.05, 0.1) is 23.0 Å². The second kappa shape index (κ2) is 7.98. The first-order valence-electron chi connectivity index (χ1n) is 7.14. The van der Waals surface area contributed by atoms with E-state index in [-0.39, 0.29) is 11.3 Å². The highest BCUT2D eigenvalue weighted by Gasteiger charge is 2.23. The van der Waals surface area contributed by atoms with E-state index >= 15 is 0 Å². The first-order valence-corrected chi connectivity index (χ1v) is 8.36. The maximum absolute atomic E-state index is 12.4. The van der Waals surface area contributed by atoms with Crippen molar-refractivity contribution in [2.75, 3.05) is 33.0 Å². The van der Waals surface area contributed by atoms with E-state index in [0.717, 1.165) is 25.1 Å². The minimum atomic E-state index is -0.564. The highest BCUT2D eigenvalue weighted by molar-refractivity contribution is 7.98. The fraction of sp³-hybridized carbons (Fsp3) is 0.400. The number of carbonyl (C=O) groups excluding carboxylic acids is 1. The fourth-order valence-corrected chi connectivity index (χ4v) is 2.90. The molecule has 2 N–H and O–H groups in total. The number of benzene rings is 1. The highest BCUT2D eigenvalue weighted by atomic mass is 32.2. The highest BCUT2D eigenvalue weighted by Crippen LogP contribution is 2.34. The predicted octanol–water partition coefficient (Wildman–Crippen LogP) is 1.97. The molecule has 8 heteroatoms. The topological polar surface area (TPSA) is 93.5 Å². The number of hydrogen-bond acceptors (Lipinski definition) is 6. The number of amides is 1. The molecule has 0 aromatic heterocycles. The number of ether oxygens (including phenoxy) is 1. The summed E-state index contributed by atoms with van der Waals surface area (Å²) in [7, 11) is 1.45. The molecule has 124 valence electrons. The Morgan fingerprint density at radius 3 is 2.87 bits per heavy atom. The van der Waals surface area contributed by atoms with Crippen LogP contribution < -0.4 is 15.4 Å². The SMILES string of the molecule is COc1cc([N+](=O)[O-])c(C(=O)NCC2=CCNCC2)cc1SC. The van der Waals surface area contributed by atoms with Crippen LogP contribution in [0.25, 0.3) is 0 Å². The maximum Gasteiger partial charge on any atom is 0.285 e. The van der Waals surface area contributed by atoms with Gasteiger partial charge in [0, 0.05) is 13.1 Å². The van der Waals surface area contributed by atoms with E-state index in [2.05, 4.69) is 10.6 Å². The molecule has 0 fully saturated rings. The standard InChI is InChI=1S/C15H19N3O4S/c1-22-13-8-12(18(20)21)11(7-14(13)23-2)15(19)17-9-10-3-5-16-6-4-10/h3,7-8,16H,4-6,9H2,1-2H3,(H,17,19). The molecule has 1 aliphatic heterocycles. The van der Waals surface area contributed by atoms with E-state index in [0.29, 0.717) is 17.2 Å². The summed E-state index contributed by atoms with van der Waals surface area (Å²) in [6.45, 7) is 2.06. The van der Waals surface area contributed by atoms with E-state index in [1.165, 1.54) is 31.0 Å². The number of carbonyl (C=O) groups is 1. The molecule has 1 heterocycles. The monoisotopic (exact) mass is 337 g/mol. The molecule has 0 bridgehead atoms. The summed E-state index contributed by atoms with van der Waals surface area (Å²) < 4.78 is 5.14. The van der Waals surface area contributed by atoms with Crippen molar-refractivity contribution in [1.82, 2.24) is 10.6 Å². The molecule has 0 aliphatic carbocycles. The van der Waals surface area contributed by atoms with Crippen LogP contribution >= 0.6 is 11.8 Å². The number of rotatable bonds is 6. The van der Waals surface area contributed by atoms with Crippen molar-refractivity contribution < 1.29 is 14.5 Å². The summed E-state index contributed by atoms with van der Waals surface area (Å²) in [5.74, 6) is -0.0594. The lowest BCUT2D eigenvalue weighted by Crippen LogP contribution is -2.30. The molecule has 0 spiro atoms. The van der Waals surface area contributed by atoms with Crippen molar-refractivity contribution in [3.05, 3.63) is 39.5 Å². The summed E-state index contributed by atoms with van der Waals surface area (Å²) in [5.41, 5.74) is 0.921. The lowest BCUT2D eigenvalue weighted by Gasteiger charge is -2.15. The number of nitrogens with one attached hydrogen (secondary N) is 2. The summed E-state index contributed by atoms with van der Waals surface area (Å²) in [5, 5.41) is 17.2. The lowest BCUT2D eigenvalue weighted by atomic mass is 10.1. The largest absolute Gasteiger partial charge is 0.495 e. The van der Waals surface area contributed by atoms with Gasteiger partial charge in [-0.3, -0.25) is 14.9 Å². The molecule has 7 nitrogen and oxygen atoms in total. The quantitative estimate of drug-likeness (QED) is 0.357. The fourth-order valence-electron chi connectivity index (χ4n) is 2.32. The van der Waals surface area contributed by atoms with Gasteiger partial charge in [-0.25, -0.2) is 0 Å². The van der Waals surface area contributed by atoms with Crippen molar-refractivity contribution >= 4 is 23.4 Å². The molecule has 2 rings (SSSR count). The Morgan fingerprint density at radius 1 is 1.52 bits per heavy atom. The maximum atomic E-state index is 12.4. The normalized spacial score (nSPS) is 14.1. The van der Waals surface area contributed by atoms with E-state index in [1.54, 1.807) is 0 Å². The Bertz CT molecular complexity index is 646. The van der Waals surface area contributed by atoms with Gasteiger partial charge in [-0.05, 0) is 25.3 Å². The van der Waals surface area contributed by atoms with Gasteiger partial charge in [0.15, 0.2) is 0 Å².